The molecule has 1 aliphatic carbocycles. The summed E-state index contributed by atoms with van der Waals surface area (Å²) in [5.41, 5.74) is 6.51. The van der Waals surface area contributed by atoms with Crippen LogP contribution in [0, 0.1) is 0 Å². The number of hydrogen-bond donors (Lipinski definition) is 0. The molecule has 2 heterocycles. The topological polar surface area (TPSA) is 52.8 Å². The van der Waals surface area contributed by atoms with Crippen molar-refractivity contribution < 1.29 is 9.47 Å². The summed E-state index contributed by atoms with van der Waals surface area (Å²) in [7, 11) is 3.29. The van der Waals surface area contributed by atoms with Gasteiger partial charge in [-0.25, -0.2) is 4.99 Å². The van der Waals surface area contributed by atoms with Gasteiger partial charge in [0, 0.05) is 5.56 Å². The number of benzene rings is 3. The predicted molar refractivity (Wildman–Crippen MR) is 154 cm³/mol. The second kappa shape index (κ2) is 9.74. The average molecular weight is 638 g/mol. The van der Waals surface area contributed by atoms with E-state index in [1.165, 1.54) is 22.5 Å². The minimum absolute atomic E-state index is 0.0435. The molecular weight excluding hydrogens is 616 g/mol. The van der Waals surface area contributed by atoms with Crippen molar-refractivity contribution >= 4 is 55.0 Å². The molecular formula is C29H22Br2N2O3S. The van der Waals surface area contributed by atoms with Crippen LogP contribution in [0.1, 0.15) is 34.7 Å². The van der Waals surface area contributed by atoms with E-state index in [1.807, 2.05) is 34.9 Å². The molecule has 4 aromatic rings. The molecule has 0 saturated heterocycles. The van der Waals surface area contributed by atoms with Crippen LogP contribution in [0.3, 0.4) is 0 Å². The molecule has 1 atom stereocenters. The predicted octanol–water partition coefficient (Wildman–Crippen LogP) is 5.86. The van der Waals surface area contributed by atoms with Crippen LogP contribution in [0.5, 0.6) is 11.5 Å². The van der Waals surface area contributed by atoms with Crippen LogP contribution >= 0.6 is 43.2 Å². The first kappa shape index (κ1) is 24.4. The van der Waals surface area contributed by atoms with Crippen LogP contribution in [0.25, 0.3) is 11.8 Å². The number of fused-ring (bicyclic) bond motifs is 3. The first-order chi connectivity index (χ1) is 18.0. The van der Waals surface area contributed by atoms with Crippen molar-refractivity contribution in [1.82, 2.24) is 4.57 Å². The molecule has 0 fully saturated rings. The highest BCUT2D eigenvalue weighted by Crippen LogP contribution is 2.41. The Kier molecular flexibility index (Phi) is 6.42. The van der Waals surface area contributed by atoms with Crippen molar-refractivity contribution in [1.29, 1.82) is 0 Å². The summed E-state index contributed by atoms with van der Waals surface area (Å²) in [5, 5.41) is 0. The molecule has 0 saturated carbocycles. The number of allylic oxidation sites excluding steroid dienone is 1. The van der Waals surface area contributed by atoms with Crippen molar-refractivity contribution in [3.8, 4) is 11.5 Å². The van der Waals surface area contributed by atoms with Gasteiger partial charge in [0.15, 0.2) is 4.80 Å². The SMILES string of the molecule is COc1ccc(C2C3=C(N=c4sc(=Cc5cc(Br)c(OC)c(Br)c5)c(=O)n42)c2ccccc2CC3)cc1. The quantitative estimate of drug-likeness (QED) is 0.282. The van der Waals surface area contributed by atoms with Gasteiger partial charge in [-0.3, -0.25) is 9.36 Å². The van der Waals surface area contributed by atoms with Gasteiger partial charge < -0.3 is 9.47 Å². The Labute approximate surface area is 234 Å². The molecule has 8 heteroatoms. The van der Waals surface area contributed by atoms with Crippen molar-refractivity contribution in [3.05, 3.63) is 117 Å². The molecule has 0 amide bonds. The maximum absolute atomic E-state index is 13.9. The van der Waals surface area contributed by atoms with Gasteiger partial charge in [0.2, 0.25) is 0 Å². The monoisotopic (exact) mass is 636 g/mol. The summed E-state index contributed by atoms with van der Waals surface area (Å²) in [5.74, 6) is 1.50. The number of methoxy groups -OCH3 is 2. The van der Waals surface area contributed by atoms with E-state index in [0.717, 1.165) is 49.9 Å². The second-order valence-electron chi connectivity index (χ2n) is 8.90. The molecule has 2 aliphatic rings. The Bertz CT molecular complexity index is 1730. The van der Waals surface area contributed by atoms with E-state index in [0.29, 0.717) is 15.1 Å². The highest BCUT2D eigenvalue weighted by Gasteiger charge is 2.32. The summed E-state index contributed by atoms with van der Waals surface area (Å²) in [6.45, 7) is 0. The largest absolute Gasteiger partial charge is 0.497 e. The van der Waals surface area contributed by atoms with E-state index in [-0.39, 0.29) is 11.6 Å². The van der Waals surface area contributed by atoms with Crippen molar-refractivity contribution in [2.24, 2.45) is 4.99 Å². The minimum atomic E-state index is -0.220. The minimum Gasteiger partial charge on any atom is -0.497 e. The molecule has 0 N–H and O–H groups in total. The van der Waals surface area contributed by atoms with Crippen molar-refractivity contribution in [3.63, 3.8) is 0 Å². The maximum atomic E-state index is 13.9. The lowest BCUT2D eigenvalue weighted by Gasteiger charge is -2.30. The van der Waals surface area contributed by atoms with Crippen LogP contribution in [0.4, 0.5) is 0 Å². The summed E-state index contributed by atoms with van der Waals surface area (Å²) >= 11 is 8.55. The normalized spacial score (nSPS) is 16.5. The standard InChI is InChI=1S/C29H22Br2N2O3S/c1-35-19-10-7-18(8-11-19)26-21-12-9-17-5-3-4-6-20(17)25(21)32-29-33(26)28(34)24(37-29)15-16-13-22(30)27(36-2)23(31)14-16/h3-8,10-11,13-15,26H,9,12H2,1-2H3. The zero-order chi connectivity index (χ0) is 25.7. The Morgan fingerprint density at radius 2 is 1.73 bits per heavy atom. The number of hydrogen-bond acceptors (Lipinski definition) is 5. The summed E-state index contributed by atoms with van der Waals surface area (Å²) < 4.78 is 14.9. The molecule has 1 aromatic heterocycles. The zero-order valence-electron chi connectivity index (χ0n) is 20.1. The van der Waals surface area contributed by atoms with Crippen LogP contribution in [-0.2, 0) is 6.42 Å². The Morgan fingerprint density at radius 1 is 1.00 bits per heavy atom. The number of ether oxygens (including phenoxy) is 2. The highest BCUT2D eigenvalue weighted by atomic mass is 79.9. The lowest BCUT2D eigenvalue weighted by molar-refractivity contribution is 0.409. The van der Waals surface area contributed by atoms with E-state index in [9.17, 15) is 4.79 Å². The van der Waals surface area contributed by atoms with Crippen molar-refractivity contribution in [2.45, 2.75) is 18.9 Å². The number of thiazole rings is 1. The van der Waals surface area contributed by atoms with Gasteiger partial charge in [-0.2, -0.15) is 0 Å². The molecule has 186 valence electrons. The van der Waals surface area contributed by atoms with Gasteiger partial charge in [-0.15, -0.1) is 0 Å². The Morgan fingerprint density at radius 3 is 2.43 bits per heavy atom. The van der Waals surface area contributed by atoms with Gasteiger partial charge in [0.25, 0.3) is 5.56 Å². The fourth-order valence-electron chi connectivity index (χ4n) is 5.12. The van der Waals surface area contributed by atoms with Crippen LogP contribution in [0.2, 0.25) is 0 Å². The van der Waals surface area contributed by atoms with E-state index in [4.69, 9.17) is 14.5 Å². The number of rotatable bonds is 4. The molecule has 1 unspecified atom stereocenters. The highest BCUT2D eigenvalue weighted by molar-refractivity contribution is 9.11. The lowest BCUT2D eigenvalue weighted by atomic mass is 9.83. The summed E-state index contributed by atoms with van der Waals surface area (Å²) in [6, 6.07) is 20.1. The van der Waals surface area contributed by atoms with E-state index in [2.05, 4.69) is 68.3 Å². The third-order valence-electron chi connectivity index (χ3n) is 6.83. The molecule has 5 nitrogen and oxygen atoms in total. The molecule has 0 bridgehead atoms. The fourth-order valence-corrected chi connectivity index (χ4v) is 7.66. The summed E-state index contributed by atoms with van der Waals surface area (Å²) in [4.78, 5) is 19.7. The third kappa shape index (κ3) is 4.21. The zero-order valence-corrected chi connectivity index (χ0v) is 24.1. The van der Waals surface area contributed by atoms with Gasteiger partial charge in [0.1, 0.15) is 11.5 Å². The Hall–Kier alpha value is -2.94. The second-order valence-corrected chi connectivity index (χ2v) is 11.6. The van der Waals surface area contributed by atoms with Crippen LogP contribution in [0.15, 0.2) is 85.0 Å². The third-order valence-corrected chi connectivity index (χ3v) is 8.99. The number of aryl methyl sites for hydroxylation is 1. The van der Waals surface area contributed by atoms with E-state index < -0.39 is 0 Å². The fraction of sp³-hybridized carbons (Fsp3) is 0.172. The average Bonchev–Trinajstić information content (AvgIpc) is 3.21. The van der Waals surface area contributed by atoms with Gasteiger partial charge in [-0.05, 0) is 97.3 Å². The number of aromatic nitrogens is 1. The van der Waals surface area contributed by atoms with Crippen LogP contribution < -0.4 is 24.4 Å². The maximum Gasteiger partial charge on any atom is 0.271 e. The van der Waals surface area contributed by atoms with E-state index in [1.54, 1.807) is 14.2 Å². The number of nitrogens with zero attached hydrogens (tertiary/aromatic N) is 2. The first-order valence-electron chi connectivity index (χ1n) is 11.8. The molecule has 6 rings (SSSR count). The molecule has 37 heavy (non-hydrogen) atoms. The van der Waals surface area contributed by atoms with Gasteiger partial charge in [0.05, 0.1) is 39.4 Å². The first-order valence-corrected chi connectivity index (χ1v) is 14.2. The molecule has 3 aromatic carbocycles. The van der Waals surface area contributed by atoms with Gasteiger partial charge in [-0.1, -0.05) is 47.7 Å². The van der Waals surface area contributed by atoms with E-state index >= 15 is 0 Å². The Balaban J connectivity index is 1.59. The molecule has 1 aliphatic heterocycles. The lowest BCUT2D eigenvalue weighted by Crippen LogP contribution is -2.38. The smallest absolute Gasteiger partial charge is 0.271 e. The molecule has 0 radical (unpaired) electrons. The van der Waals surface area contributed by atoms with Crippen LogP contribution in [-0.4, -0.2) is 18.8 Å². The van der Waals surface area contributed by atoms with Crippen molar-refractivity contribution in [2.75, 3.05) is 14.2 Å². The number of halogens is 2. The summed E-state index contributed by atoms with van der Waals surface area (Å²) in [6.07, 6.45) is 3.70. The molecule has 0 spiro atoms. The van der Waals surface area contributed by atoms with Gasteiger partial charge >= 0.3 is 0 Å².